The predicted molar refractivity (Wildman–Crippen MR) is 84.6 cm³/mol. The highest BCUT2D eigenvalue weighted by molar-refractivity contribution is 9.10. The van der Waals surface area contributed by atoms with E-state index >= 15 is 0 Å². The van der Waals surface area contributed by atoms with Gasteiger partial charge in [-0.15, -0.1) is 5.10 Å². The quantitative estimate of drug-likeness (QED) is 0.779. The SMILES string of the molecule is CCC(Nc1ccc(Br)cc1)n1nnc2ccccc21. The summed E-state index contributed by atoms with van der Waals surface area (Å²) in [6, 6.07) is 16.1. The molecule has 3 rings (SSSR count). The molecule has 1 aromatic heterocycles. The van der Waals surface area contributed by atoms with Gasteiger partial charge in [-0.3, -0.25) is 0 Å². The standard InChI is InChI=1S/C15H15BrN4/c1-2-15(17-12-9-7-11(16)8-10-12)20-14-6-4-3-5-13(14)18-19-20/h3-10,15,17H,2H2,1H3. The number of hydrogen-bond acceptors (Lipinski definition) is 3. The Labute approximate surface area is 125 Å². The van der Waals surface area contributed by atoms with Crippen molar-refractivity contribution in [1.29, 1.82) is 0 Å². The fraction of sp³-hybridized carbons (Fsp3) is 0.200. The monoisotopic (exact) mass is 330 g/mol. The van der Waals surface area contributed by atoms with E-state index in [4.69, 9.17) is 0 Å². The van der Waals surface area contributed by atoms with E-state index in [0.717, 1.165) is 27.6 Å². The number of para-hydroxylation sites is 1. The minimum atomic E-state index is 0.0866. The van der Waals surface area contributed by atoms with Crippen molar-refractivity contribution >= 4 is 32.7 Å². The predicted octanol–water partition coefficient (Wildman–Crippen LogP) is 4.21. The third-order valence-corrected chi connectivity index (χ3v) is 3.77. The van der Waals surface area contributed by atoms with Gasteiger partial charge in [0.1, 0.15) is 11.7 Å². The Kier molecular flexibility index (Phi) is 3.69. The van der Waals surface area contributed by atoms with Crippen LogP contribution in [-0.2, 0) is 0 Å². The van der Waals surface area contributed by atoms with E-state index in [-0.39, 0.29) is 6.17 Å². The molecular formula is C15H15BrN4. The summed E-state index contributed by atoms with van der Waals surface area (Å²) >= 11 is 3.44. The summed E-state index contributed by atoms with van der Waals surface area (Å²) in [5, 5.41) is 12.0. The van der Waals surface area contributed by atoms with Gasteiger partial charge in [-0.1, -0.05) is 40.2 Å². The summed E-state index contributed by atoms with van der Waals surface area (Å²) in [6.07, 6.45) is 1.01. The molecule has 4 nitrogen and oxygen atoms in total. The van der Waals surface area contributed by atoms with Gasteiger partial charge in [-0.05, 0) is 42.8 Å². The van der Waals surface area contributed by atoms with Crippen molar-refractivity contribution in [1.82, 2.24) is 15.0 Å². The van der Waals surface area contributed by atoms with E-state index in [9.17, 15) is 0 Å². The maximum Gasteiger partial charge on any atom is 0.122 e. The van der Waals surface area contributed by atoms with Crippen molar-refractivity contribution in [3.8, 4) is 0 Å². The van der Waals surface area contributed by atoms with Crippen LogP contribution < -0.4 is 5.32 Å². The van der Waals surface area contributed by atoms with E-state index in [2.05, 4.69) is 38.5 Å². The molecule has 3 aromatic rings. The number of nitrogens with zero attached hydrogens (tertiary/aromatic N) is 3. The lowest BCUT2D eigenvalue weighted by Gasteiger charge is -2.19. The van der Waals surface area contributed by atoms with Crippen LogP contribution in [0, 0.1) is 0 Å². The number of aromatic nitrogens is 3. The largest absolute Gasteiger partial charge is 0.364 e. The van der Waals surface area contributed by atoms with Crippen LogP contribution in [0.2, 0.25) is 0 Å². The van der Waals surface area contributed by atoms with Gasteiger partial charge in [0, 0.05) is 10.2 Å². The van der Waals surface area contributed by atoms with Crippen LogP contribution in [0.3, 0.4) is 0 Å². The van der Waals surface area contributed by atoms with Crippen molar-refractivity contribution in [2.75, 3.05) is 5.32 Å². The highest BCUT2D eigenvalue weighted by atomic mass is 79.9. The van der Waals surface area contributed by atoms with E-state index < -0.39 is 0 Å². The Morgan fingerprint density at radius 1 is 1.15 bits per heavy atom. The summed E-state index contributed by atoms with van der Waals surface area (Å²) in [5.74, 6) is 0. The molecule has 2 aromatic carbocycles. The molecule has 102 valence electrons. The minimum Gasteiger partial charge on any atom is -0.364 e. The van der Waals surface area contributed by atoms with Crippen molar-refractivity contribution in [3.63, 3.8) is 0 Å². The van der Waals surface area contributed by atoms with Crippen molar-refractivity contribution in [3.05, 3.63) is 53.0 Å². The zero-order valence-electron chi connectivity index (χ0n) is 11.1. The van der Waals surface area contributed by atoms with Crippen LogP contribution >= 0.6 is 15.9 Å². The first-order valence-corrected chi connectivity index (χ1v) is 7.39. The molecule has 0 radical (unpaired) electrons. The molecule has 1 heterocycles. The average Bonchev–Trinajstić information content (AvgIpc) is 2.91. The fourth-order valence-corrected chi connectivity index (χ4v) is 2.46. The van der Waals surface area contributed by atoms with E-state index in [1.807, 2.05) is 53.2 Å². The first-order chi connectivity index (χ1) is 9.78. The molecule has 20 heavy (non-hydrogen) atoms. The Balaban J connectivity index is 1.91. The molecule has 1 unspecified atom stereocenters. The van der Waals surface area contributed by atoms with Gasteiger partial charge < -0.3 is 5.32 Å². The molecule has 0 saturated heterocycles. The summed E-state index contributed by atoms with van der Waals surface area (Å²) in [6.45, 7) is 2.13. The van der Waals surface area contributed by atoms with Crippen LogP contribution in [0.1, 0.15) is 19.5 Å². The Bertz CT molecular complexity index is 705. The topological polar surface area (TPSA) is 42.7 Å². The Hall–Kier alpha value is -1.88. The van der Waals surface area contributed by atoms with E-state index in [0.29, 0.717) is 0 Å². The second-order valence-corrected chi connectivity index (χ2v) is 5.51. The number of benzene rings is 2. The molecule has 0 fully saturated rings. The first-order valence-electron chi connectivity index (χ1n) is 6.60. The molecule has 1 atom stereocenters. The van der Waals surface area contributed by atoms with Gasteiger partial charge in [-0.2, -0.15) is 0 Å². The number of rotatable bonds is 4. The van der Waals surface area contributed by atoms with Gasteiger partial charge in [0.15, 0.2) is 0 Å². The van der Waals surface area contributed by atoms with Crippen LogP contribution in [0.4, 0.5) is 5.69 Å². The third kappa shape index (κ3) is 2.54. The van der Waals surface area contributed by atoms with Crippen LogP contribution in [-0.4, -0.2) is 15.0 Å². The van der Waals surface area contributed by atoms with Gasteiger partial charge in [0.25, 0.3) is 0 Å². The molecule has 0 amide bonds. The number of fused-ring (bicyclic) bond motifs is 1. The lowest BCUT2D eigenvalue weighted by molar-refractivity contribution is 0.490. The summed E-state index contributed by atoms with van der Waals surface area (Å²) in [4.78, 5) is 0. The van der Waals surface area contributed by atoms with Crippen LogP contribution in [0.25, 0.3) is 11.0 Å². The van der Waals surface area contributed by atoms with Gasteiger partial charge in [-0.25, -0.2) is 4.68 Å². The van der Waals surface area contributed by atoms with E-state index in [1.54, 1.807) is 0 Å². The molecular weight excluding hydrogens is 316 g/mol. The minimum absolute atomic E-state index is 0.0866. The molecule has 0 aliphatic carbocycles. The van der Waals surface area contributed by atoms with Crippen molar-refractivity contribution in [2.24, 2.45) is 0 Å². The molecule has 0 saturated carbocycles. The average molecular weight is 331 g/mol. The van der Waals surface area contributed by atoms with Gasteiger partial charge in [0.2, 0.25) is 0 Å². The second-order valence-electron chi connectivity index (χ2n) is 4.60. The van der Waals surface area contributed by atoms with Gasteiger partial charge in [0.05, 0.1) is 5.52 Å². The fourth-order valence-electron chi connectivity index (χ4n) is 2.19. The van der Waals surface area contributed by atoms with Crippen LogP contribution in [0.15, 0.2) is 53.0 Å². The highest BCUT2D eigenvalue weighted by Crippen LogP contribution is 2.22. The highest BCUT2D eigenvalue weighted by Gasteiger charge is 2.13. The van der Waals surface area contributed by atoms with Crippen molar-refractivity contribution in [2.45, 2.75) is 19.5 Å². The van der Waals surface area contributed by atoms with Crippen molar-refractivity contribution < 1.29 is 0 Å². The molecule has 0 bridgehead atoms. The molecule has 0 aliphatic rings. The van der Waals surface area contributed by atoms with E-state index in [1.165, 1.54) is 0 Å². The number of hydrogen-bond donors (Lipinski definition) is 1. The lowest BCUT2D eigenvalue weighted by Crippen LogP contribution is -2.18. The second kappa shape index (κ2) is 5.63. The smallest absolute Gasteiger partial charge is 0.122 e. The maximum atomic E-state index is 4.28. The molecule has 5 heteroatoms. The lowest BCUT2D eigenvalue weighted by atomic mass is 10.2. The number of anilines is 1. The number of nitrogens with one attached hydrogen (secondary N) is 1. The Morgan fingerprint density at radius 3 is 2.65 bits per heavy atom. The summed E-state index contributed by atoms with van der Waals surface area (Å²) < 4.78 is 3.01. The first kappa shape index (κ1) is 13.1. The summed E-state index contributed by atoms with van der Waals surface area (Å²) in [7, 11) is 0. The zero-order valence-corrected chi connectivity index (χ0v) is 12.7. The Morgan fingerprint density at radius 2 is 1.90 bits per heavy atom. The normalized spacial score (nSPS) is 12.5. The summed E-state index contributed by atoms with van der Waals surface area (Å²) in [5.41, 5.74) is 3.03. The molecule has 1 N–H and O–H groups in total. The molecule has 0 spiro atoms. The van der Waals surface area contributed by atoms with Crippen LogP contribution in [0.5, 0.6) is 0 Å². The van der Waals surface area contributed by atoms with Gasteiger partial charge >= 0.3 is 0 Å². The number of halogens is 1. The maximum absolute atomic E-state index is 4.28. The third-order valence-electron chi connectivity index (χ3n) is 3.24. The molecule has 0 aliphatic heterocycles. The zero-order chi connectivity index (χ0) is 13.9.